The van der Waals surface area contributed by atoms with Gasteiger partial charge in [-0.1, -0.05) is 48.5 Å². The molecule has 4 rings (SSSR count). The number of nitrogens with zero attached hydrogens (tertiary/aromatic N) is 2. The highest BCUT2D eigenvalue weighted by atomic mass is 16.5. The van der Waals surface area contributed by atoms with Crippen LogP contribution in [0.4, 0.5) is 4.79 Å². The lowest BCUT2D eigenvalue weighted by Gasteiger charge is -2.26. The zero-order chi connectivity index (χ0) is 25.2. The van der Waals surface area contributed by atoms with E-state index in [0.29, 0.717) is 5.69 Å². The summed E-state index contributed by atoms with van der Waals surface area (Å²) in [5.74, 6) is -1.80. The molecule has 0 spiro atoms. The maximum Gasteiger partial charge on any atom is 0.407 e. The summed E-state index contributed by atoms with van der Waals surface area (Å²) < 4.78 is 6.95. The van der Waals surface area contributed by atoms with Crippen LogP contribution in [0.2, 0.25) is 0 Å². The highest BCUT2D eigenvalue weighted by molar-refractivity contribution is 5.85. The number of hydrogen-bond donors (Lipinski definition) is 3. The van der Waals surface area contributed by atoms with E-state index in [2.05, 4.69) is 27.9 Å². The summed E-state index contributed by atoms with van der Waals surface area (Å²) in [5.41, 5.74) is 3.85. The maximum atomic E-state index is 12.6. The number of amides is 2. The van der Waals surface area contributed by atoms with Crippen LogP contribution in [-0.2, 0) is 21.4 Å². The number of carboxylic acids is 1. The van der Waals surface area contributed by atoms with Crippen LogP contribution >= 0.6 is 0 Å². The third-order valence-corrected chi connectivity index (χ3v) is 6.09. The summed E-state index contributed by atoms with van der Waals surface area (Å²) in [6.45, 7) is 3.51. The van der Waals surface area contributed by atoms with Crippen molar-refractivity contribution in [3.63, 3.8) is 0 Å². The average molecular weight is 477 g/mol. The lowest BCUT2D eigenvalue weighted by Crippen LogP contribution is -2.48. The molecule has 2 amide bonds. The second kappa shape index (κ2) is 9.61. The van der Waals surface area contributed by atoms with Crippen molar-refractivity contribution in [1.82, 2.24) is 20.4 Å². The van der Waals surface area contributed by atoms with Gasteiger partial charge in [0.1, 0.15) is 6.61 Å². The molecule has 3 N–H and O–H groups in total. The molecule has 2 aromatic carbocycles. The van der Waals surface area contributed by atoms with E-state index < -0.39 is 29.6 Å². The number of hydrogen-bond acceptors (Lipinski definition) is 5. The molecule has 9 heteroatoms. The van der Waals surface area contributed by atoms with E-state index >= 15 is 0 Å². The number of aromatic nitrogens is 2. The number of carbonyl (C=O) groups excluding carboxylic acids is 2. The number of rotatable bonds is 8. The zero-order valence-electron chi connectivity index (χ0n) is 19.8. The second-order valence-electron chi connectivity index (χ2n) is 9.23. The van der Waals surface area contributed by atoms with E-state index in [9.17, 15) is 19.5 Å². The summed E-state index contributed by atoms with van der Waals surface area (Å²) >= 11 is 0. The molecular weight excluding hydrogens is 448 g/mol. The van der Waals surface area contributed by atoms with Gasteiger partial charge in [0.05, 0.1) is 5.69 Å². The van der Waals surface area contributed by atoms with Crippen LogP contribution in [-0.4, -0.2) is 45.0 Å². The topological polar surface area (TPSA) is 123 Å². The van der Waals surface area contributed by atoms with Gasteiger partial charge in [-0.15, -0.1) is 0 Å². The van der Waals surface area contributed by atoms with Crippen LogP contribution in [0.25, 0.3) is 11.1 Å². The largest absolute Gasteiger partial charge is 0.479 e. The number of alkyl carbamates (subject to hydrolysis) is 1. The molecule has 0 saturated heterocycles. The lowest BCUT2D eigenvalue weighted by atomic mass is 9.98. The minimum atomic E-state index is -1.25. The molecule has 0 bridgehead atoms. The Bertz CT molecular complexity index is 1220. The number of benzene rings is 2. The summed E-state index contributed by atoms with van der Waals surface area (Å²) in [6, 6.07) is 16.4. The Balaban J connectivity index is 1.35. The first-order chi connectivity index (χ1) is 16.7. The summed E-state index contributed by atoms with van der Waals surface area (Å²) in [4.78, 5) is 36.9. The van der Waals surface area contributed by atoms with E-state index in [1.165, 1.54) is 16.9 Å². The lowest BCUT2D eigenvalue weighted by molar-refractivity contribution is -0.142. The number of ether oxygens (including phenoxy) is 1. The Kier molecular flexibility index (Phi) is 6.59. The maximum absolute atomic E-state index is 12.6. The van der Waals surface area contributed by atoms with Gasteiger partial charge in [-0.2, -0.15) is 5.10 Å². The van der Waals surface area contributed by atoms with Crippen molar-refractivity contribution in [2.75, 3.05) is 6.61 Å². The highest BCUT2D eigenvalue weighted by Crippen LogP contribution is 2.44. The SMILES string of the molecule is Cn1nccc1C(NC(=O)CC(C)(C)NC(=O)OCC1c2ccccc2-c2ccccc21)C(=O)O. The highest BCUT2D eigenvalue weighted by Gasteiger charge is 2.32. The Morgan fingerprint density at radius 2 is 1.66 bits per heavy atom. The smallest absolute Gasteiger partial charge is 0.407 e. The third-order valence-electron chi connectivity index (χ3n) is 6.09. The van der Waals surface area contributed by atoms with Gasteiger partial charge in [0.2, 0.25) is 5.91 Å². The van der Waals surface area contributed by atoms with Gasteiger partial charge in [0.25, 0.3) is 0 Å². The van der Waals surface area contributed by atoms with Crippen LogP contribution in [0.3, 0.4) is 0 Å². The quantitative estimate of drug-likeness (QED) is 0.458. The van der Waals surface area contributed by atoms with Crippen molar-refractivity contribution < 1.29 is 24.2 Å². The van der Waals surface area contributed by atoms with E-state index in [0.717, 1.165) is 22.3 Å². The van der Waals surface area contributed by atoms with Gasteiger partial charge in [-0.3, -0.25) is 9.48 Å². The number of carbonyl (C=O) groups is 3. The molecule has 182 valence electrons. The van der Waals surface area contributed by atoms with Crippen molar-refractivity contribution in [1.29, 1.82) is 0 Å². The molecule has 0 aliphatic heterocycles. The molecule has 1 aliphatic carbocycles. The van der Waals surface area contributed by atoms with Crippen molar-refractivity contribution in [2.45, 2.75) is 37.8 Å². The molecule has 0 fully saturated rings. The predicted octanol–water partition coefficient (Wildman–Crippen LogP) is 3.37. The fourth-order valence-electron chi connectivity index (χ4n) is 4.50. The van der Waals surface area contributed by atoms with E-state index in [4.69, 9.17) is 4.74 Å². The Morgan fingerprint density at radius 1 is 1.06 bits per heavy atom. The molecular formula is C26H28N4O5. The van der Waals surface area contributed by atoms with Crippen LogP contribution in [0.5, 0.6) is 0 Å². The molecule has 1 atom stereocenters. The Hall–Kier alpha value is -4.14. The molecule has 0 saturated carbocycles. The fraction of sp³-hybridized carbons (Fsp3) is 0.308. The van der Waals surface area contributed by atoms with E-state index in [1.807, 2.05) is 36.4 Å². The first-order valence-electron chi connectivity index (χ1n) is 11.3. The van der Waals surface area contributed by atoms with Crippen molar-refractivity contribution in [3.8, 4) is 11.1 Å². The van der Waals surface area contributed by atoms with E-state index in [-0.39, 0.29) is 18.9 Å². The van der Waals surface area contributed by atoms with Gasteiger partial charge >= 0.3 is 12.1 Å². The van der Waals surface area contributed by atoms with Crippen molar-refractivity contribution in [3.05, 3.63) is 77.6 Å². The van der Waals surface area contributed by atoms with Gasteiger partial charge in [0, 0.05) is 31.1 Å². The van der Waals surface area contributed by atoms with Crippen LogP contribution in [0, 0.1) is 0 Å². The second-order valence-corrected chi connectivity index (χ2v) is 9.23. The first-order valence-corrected chi connectivity index (χ1v) is 11.3. The minimum absolute atomic E-state index is 0.0743. The molecule has 1 heterocycles. The van der Waals surface area contributed by atoms with Gasteiger partial charge in [-0.05, 0) is 42.2 Å². The molecule has 9 nitrogen and oxygen atoms in total. The van der Waals surface area contributed by atoms with Crippen LogP contribution < -0.4 is 10.6 Å². The van der Waals surface area contributed by atoms with Crippen LogP contribution in [0.15, 0.2) is 60.8 Å². The monoisotopic (exact) mass is 476 g/mol. The molecule has 1 aromatic heterocycles. The van der Waals surface area contributed by atoms with E-state index in [1.54, 1.807) is 20.9 Å². The predicted molar refractivity (Wildman–Crippen MR) is 129 cm³/mol. The third kappa shape index (κ3) is 5.18. The Labute approximate surface area is 203 Å². The summed E-state index contributed by atoms with van der Waals surface area (Å²) in [7, 11) is 1.60. The fourth-order valence-corrected chi connectivity index (χ4v) is 4.50. The summed E-state index contributed by atoms with van der Waals surface area (Å²) in [6.07, 6.45) is 0.671. The number of aliphatic carboxylic acids is 1. The van der Waals surface area contributed by atoms with Crippen molar-refractivity contribution in [2.24, 2.45) is 7.05 Å². The number of aryl methyl sites for hydroxylation is 1. The molecule has 1 aliphatic rings. The normalized spacial score (nSPS) is 13.5. The number of nitrogens with one attached hydrogen (secondary N) is 2. The standard InChI is InChI=1S/C26H28N4O5/c1-26(2,14-22(31)28-23(24(32)33)21-12-13-27-30(21)3)29-25(34)35-15-20-18-10-6-4-8-16(18)17-9-5-7-11-19(17)20/h4-13,20,23H,14-15H2,1-3H3,(H,28,31)(H,29,34)(H,32,33). The van der Waals surface area contributed by atoms with Crippen LogP contribution in [0.1, 0.15) is 49.0 Å². The first kappa shape index (κ1) is 24.0. The molecule has 35 heavy (non-hydrogen) atoms. The Morgan fingerprint density at radius 3 is 2.20 bits per heavy atom. The van der Waals surface area contributed by atoms with Gasteiger partial charge in [0.15, 0.2) is 6.04 Å². The summed E-state index contributed by atoms with van der Waals surface area (Å²) in [5, 5.41) is 18.7. The molecule has 3 aromatic rings. The molecule has 1 unspecified atom stereocenters. The molecule has 0 radical (unpaired) electrons. The average Bonchev–Trinajstić information content (AvgIpc) is 3.36. The number of carboxylic acid groups (broad SMARTS) is 1. The zero-order valence-corrected chi connectivity index (χ0v) is 19.8. The minimum Gasteiger partial charge on any atom is -0.479 e. The number of fused-ring (bicyclic) bond motifs is 3. The van der Waals surface area contributed by atoms with Crippen molar-refractivity contribution >= 4 is 18.0 Å². The van der Waals surface area contributed by atoms with Gasteiger partial charge < -0.3 is 20.5 Å². The van der Waals surface area contributed by atoms with Gasteiger partial charge in [-0.25, -0.2) is 9.59 Å².